The maximum absolute atomic E-state index is 5.83. The summed E-state index contributed by atoms with van der Waals surface area (Å²) < 4.78 is 3.41. The molecule has 1 aliphatic rings. The van der Waals surface area contributed by atoms with E-state index in [2.05, 4.69) is 98.9 Å². The zero-order chi connectivity index (χ0) is 22.8. The Morgan fingerprint density at radius 1 is 1.12 bits per heavy atom. The van der Waals surface area contributed by atoms with E-state index in [4.69, 9.17) is 12.2 Å². The summed E-state index contributed by atoms with van der Waals surface area (Å²) in [7, 11) is 4.22. The molecule has 2 aromatic heterocycles. The van der Waals surface area contributed by atoms with Gasteiger partial charge in [0, 0.05) is 28.6 Å². The van der Waals surface area contributed by atoms with E-state index in [0.717, 1.165) is 40.5 Å². The van der Waals surface area contributed by atoms with Crippen LogP contribution in [-0.4, -0.2) is 51.6 Å². The van der Waals surface area contributed by atoms with Crippen LogP contribution in [-0.2, 0) is 0 Å². The van der Waals surface area contributed by atoms with Gasteiger partial charge < -0.3 is 19.7 Å². The number of rotatable bonds is 7. The zero-order valence-electron chi connectivity index (χ0n) is 19.0. The molecule has 0 unspecified atom stereocenters. The lowest BCUT2D eigenvalue weighted by Crippen LogP contribution is -2.32. The van der Waals surface area contributed by atoms with E-state index in [-0.39, 0.29) is 12.1 Å². The average Bonchev–Trinajstić information content (AvgIpc) is 3.24. The van der Waals surface area contributed by atoms with Crippen molar-refractivity contribution in [3.8, 4) is 5.69 Å². The Bertz CT molecular complexity index is 1090. The third-order valence-corrected chi connectivity index (χ3v) is 7.11. The molecular formula is C25H30BrN5S. The third kappa shape index (κ3) is 4.47. The van der Waals surface area contributed by atoms with Gasteiger partial charge in [0.2, 0.25) is 0 Å². The number of hydrogen-bond donors (Lipinski definition) is 1. The van der Waals surface area contributed by atoms with Gasteiger partial charge in [-0.15, -0.1) is 0 Å². The second-order valence-corrected chi connectivity index (χ2v) is 9.83. The van der Waals surface area contributed by atoms with Gasteiger partial charge in [0.1, 0.15) is 0 Å². The first kappa shape index (κ1) is 23.0. The predicted molar refractivity (Wildman–Crippen MR) is 138 cm³/mol. The van der Waals surface area contributed by atoms with Crippen LogP contribution in [0.3, 0.4) is 0 Å². The Morgan fingerprint density at radius 2 is 1.88 bits per heavy atom. The molecule has 4 rings (SSSR count). The van der Waals surface area contributed by atoms with E-state index in [9.17, 15) is 0 Å². The van der Waals surface area contributed by atoms with Crippen LogP contribution in [0.2, 0.25) is 0 Å². The minimum absolute atomic E-state index is 0.0104. The van der Waals surface area contributed by atoms with E-state index >= 15 is 0 Å². The van der Waals surface area contributed by atoms with Gasteiger partial charge in [-0.2, -0.15) is 0 Å². The maximum atomic E-state index is 5.83. The summed E-state index contributed by atoms with van der Waals surface area (Å²) in [4.78, 5) is 9.24. The molecule has 168 valence electrons. The van der Waals surface area contributed by atoms with Crippen LogP contribution in [0.1, 0.15) is 41.1 Å². The number of nitrogens with one attached hydrogen (secondary N) is 1. The Labute approximate surface area is 204 Å². The van der Waals surface area contributed by atoms with Crippen molar-refractivity contribution in [3.63, 3.8) is 0 Å². The Hall–Kier alpha value is -2.22. The minimum Gasteiger partial charge on any atom is -0.352 e. The lowest BCUT2D eigenvalue weighted by molar-refractivity contribution is 0.292. The fourth-order valence-electron chi connectivity index (χ4n) is 4.63. The second kappa shape index (κ2) is 9.73. The van der Waals surface area contributed by atoms with Crippen LogP contribution in [0.5, 0.6) is 0 Å². The summed E-state index contributed by atoms with van der Waals surface area (Å²) in [5.41, 5.74) is 5.88. The molecule has 1 aromatic carbocycles. The molecule has 0 amide bonds. The smallest absolute Gasteiger partial charge is 0.170 e. The highest BCUT2D eigenvalue weighted by atomic mass is 79.9. The first-order chi connectivity index (χ1) is 15.4. The van der Waals surface area contributed by atoms with E-state index in [0.29, 0.717) is 0 Å². The molecule has 1 aliphatic heterocycles. The predicted octanol–water partition coefficient (Wildman–Crippen LogP) is 5.18. The Morgan fingerprint density at radius 3 is 2.56 bits per heavy atom. The maximum Gasteiger partial charge on any atom is 0.170 e. The molecule has 0 saturated carbocycles. The number of thiocarbonyl (C=S) groups is 1. The van der Waals surface area contributed by atoms with Crippen molar-refractivity contribution in [2.45, 2.75) is 32.4 Å². The van der Waals surface area contributed by atoms with Gasteiger partial charge in [-0.3, -0.25) is 4.98 Å². The molecule has 0 aliphatic carbocycles. The fraction of sp³-hybridized carbons (Fsp3) is 0.360. The van der Waals surface area contributed by atoms with Gasteiger partial charge in [0.15, 0.2) is 5.11 Å². The minimum atomic E-state index is 0.0104. The molecule has 1 N–H and O–H groups in total. The van der Waals surface area contributed by atoms with Crippen molar-refractivity contribution in [1.82, 2.24) is 24.7 Å². The summed E-state index contributed by atoms with van der Waals surface area (Å²) in [6.45, 7) is 6.30. The molecule has 5 nitrogen and oxygen atoms in total. The Kier molecular flexibility index (Phi) is 6.98. The molecule has 2 atom stereocenters. The van der Waals surface area contributed by atoms with Crippen LogP contribution < -0.4 is 5.32 Å². The molecule has 1 saturated heterocycles. The highest BCUT2D eigenvalue weighted by Gasteiger charge is 2.41. The highest BCUT2D eigenvalue weighted by molar-refractivity contribution is 9.10. The monoisotopic (exact) mass is 511 g/mol. The molecule has 3 aromatic rings. The quantitative estimate of drug-likeness (QED) is 0.442. The molecule has 3 heterocycles. The second-order valence-electron chi connectivity index (χ2n) is 8.59. The first-order valence-electron chi connectivity index (χ1n) is 10.9. The van der Waals surface area contributed by atoms with Gasteiger partial charge >= 0.3 is 0 Å². The molecular weight excluding hydrogens is 482 g/mol. The van der Waals surface area contributed by atoms with Crippen LogP contribution in [0, 0.1) is 13.8 Å². The van der Waals surface area contributed by atoms with Gasteiger partial charge in [0.25, 0.3) is 0 Å². The first-order valence-corrected chi connectivity index (χ1v) is 12.1. The number of halogens is 1. The van der Waals surface area contributed by atoms with Crippen molar-refractivity contribution >= 4 is 33.3 Å². The summed E-state index contributed by atoms with van der Waals surface area (Å²) >= 11 is 9.56. The van der Waals surface area contributed by atoms with Crippen molar-refractivity contribution in [3.05, 3.63) is 81.8 Å². The fourth-order valence-corrected chi connectivity index (χ4v) is 5.43. The summed E-state index contributed by atoms with van der Waals surface area (Å²) in [6, 6.07) is 16.9. The third-order valence-electron chi connectivity index (χ3n) is 6.08. The number of aromatic nitrogens is 2. The summed E-state index contributed by atoms with van der Waals surface area (Å²) in [6.07, 6.45) is 2.90. The van der Waals surface area contributed by atoms with Crippen LogP contribution in [0.4, 0.5) is 0 Å². The Balaban J connectivity index is 1.78. The number of benzene rings is 1. The number of para-hydroxylation sites is 1. The topological polar surface area (TPSA) is 36.3 Å². The van der Waals surface area contributed by atoms with E-state index in [1.165, 1.54) is 17.0 Å². The van der Waals surface area contributed by atoms with Crippen LogP contribution in [0.25, 0.3) is 5.69 Å². The lowest BCUT2D eigenvalue weighted by Gasteiger charge is -2.28. The molecule has 0 bridgehead atoms. The molecule has 0 spiro atoms. The lowest BCUT2D eigenvalue weighted by atomic mass is 9.96. The van der Waals surface area contributed by atoms with Crippen LogP contribution in [0.15, 0.2) is 59.2 Å². The van der Waals surface area contributed by atoms with Gasteiger partial charge in [-0.1, -0.05) is 18.2 Å². The average molecular weight is 513 g/mol. The van der Waals surface area contributed by atoms with Gasteiger partial charge in [-0.25, -0.2) is 0 Å². The van der Waals surface area contributed by atoms with Crippen LogP contribution >= 0.6 is 28.1 Å². The summed E-state index contributed by atoms with van der Waals surface area (Å²) in [5.74, 6) is 0. The van der Waals surface area contributed by atoms with E-state index < -0.39 is 0 Å². The molecule has 0 radical (unpaired) electrons. The van der Waals surface area contributed by atoms with Crippen molar-refractivity contribution in [2.24, 2.45) is 0 Å². The normalized spacial score (nSPS) is 18.4. The number of hydrogen-bond acceptors (Lipinski definition) is 3. The van der Waals surface area contributed by atoms with E-state index in [1.54, 1.807) is 0 Å². The summed E-state index contributed by atoms with van der Waals surface area (Å²) in [5, 5.41) is 4.38. The molecule has 7 heteroatoms. The number of nitrogens with zero attached hydrogens (tertiary/aromatic N) is 4. The molecule has 1 fully saturated rings. The van der Waals surface area contributed by atoms with Gasteiger partial charge in [0.05, 0.1) is 23.5 Å². The number of aryl methyl sites for hydroxylation is 1. The highest BCUT2D eigenvalue weighted by Crippen LogP contribution is 2.41. The van der Waals surface area contributed by atoms with Crippen molar-refractivity contribution in [1.29, 1.82) is 0 Å². The van der Waals surface area contributed by atoms with E-state index in [1.807, 2.05) is 24.4 Å². The van der Waals surface area contributed by atoms with Crippen molar-refractivity contribution in [2.75, 3.05) is 27.2 Å². The zero-order valence-corrected chi connectivity index (χ0v) is 21.4. The van der Waals surface area contributed by atoms with Crippen molar-refractivity contribution < 1.29 is 0 Å². The molecule has 32 heavy (non-hydrogen) atoms. The SMILES string of the molecule is Cc1cc([C@H]2[C@@H](c3ccccn3)NC(=S)N2CCCN(C)C)c(C)n1-c1ccccc1Br. The number of pyridine rings is 1. The largest absolute Gasteiger partial charge is 0.352 e. The van der Waals surface area contributed by atoms with Gasteiger partial charge in [-0.05, 0) is 105 Å². The standard InChI is InChI=1S/C25H30BrN5S/c1-17-16-19(18(2)31(17)22-12-6-5-10-20(22)26)24-23(21-11-7-8-13-27-21)28-25(32)30(24)15-9-14-29(3)4/h5-8,10-13,16,23-24H,9,14-15H2,1-4H3,(H,28,32)/t23-,24+/m1/s1.